The van der Waals surface area contributed by atoms with Gasteiger partial charge in [0.2, 0.25) is 0 Å². The van der Waals surface area contributed by atoms with Crippen molar-refractivity contribution in [2.24, 2.45) is 7.05 Å². The number of ether oxygens (including phenoxy) is 1. The summed E-state index contributed by atoms with van der Waals surface area (Å²) in [6, 6.07) is 3.60. The van der Waals surface area contributed by atoms with Crippen molar-refractivity contribution < 1.29 is 9.53 Å². The van der Waals surface area contributed by atoms with Crippen LogP contribution in [0.3, 0.4) is 0 Å². The molecule has 9 nitrogen and oxygen atoms in total. The fourth-order valence-corrected chi connectivity index (χ4v) is 3.97. The molecule has 30 heavy (non-hydrogen) atoms. The summed E-state index contributed by atoms with van der Waals surface area (Å²) in [6.07, 6.45) is 8.00. The molecule has 0 unspecified atom stereocenters. The third kappa shape index (κ3) is 3.16. The monoisotopic (exact) mass is 406 g/mol. The van der Waals surface area contributed by atoms with E-state index in [1.54, 1.807) is 25.5 Å². The molecule has 1 saturated heterocycles. The first-order valence-corrected chi connectivity index (χ1v) is 10.1. The molecule has 0 aromatic carbocycles. The van der Waals surface area contributed by atoms with Crippen molar-refractivity contribution in [2.75, 3.05) is 31.1 Å². The van der Waals surface area contributed by atoms with Crippen LogP contribution in [0, 0.1) is 0 Å². The number of nitrogens with zero attached hydrogens (tertiary/aromatic N) is 6. The zero-order chi connectivity index (χ0) is 20.7. The second-order valence-electron chi connectivity index (χ2n) is 7.62. The molecule has 3 aromatic rings. The van der Waals surface area contributed by atoms with E-state index in [0.717, 1.165) is 31.6 Å². The number of piperidine rings is 1. The van der Waals surface area contributed by atoms with E-state index in [1.807, 2.05) is 15.9 Å². The van der Waals surface area contributed by atoms with E-state index in [2.05, 4.69) is 15.0 Å². The smallest absolute Gasteiger partial charge is 0.279 e. The molecule has 0 aliphatic carbocycles. The van der Waals surface area contributed by atoms with Crippen LogP contribution in [0.5, 0.6) is 5.75 Å². The number of rotatable bonds is 2. The summed E-state index contributed by atoms with van der Waals surface area (Å²) in [4.78, 5) is 42.1. The molecule has 0 bridgehead atoms. The van der Waals surface area contributed by atoms with E-state index in [9.17, 15) is 9.59 Å². The van der Waals surface area contributed by atoms with Crippen LogP contribution in [0.15, 0.2) is 35.6 Å². The van der Waals surface area contributed by atoms with Gasteiger partial charge >= 0.3 is 0 Å². The minimum Gasteiger partial charge on any atom is -0.488 e. The highest BCUT2D eigenvalue weighted by molar-refractivity contribution is 5.95. The first-order chi connectivity index (χ1) is 14.6. The summed E-state index contributed by atoms with van der Waals surface area (Å²) < 4.78 is 7.22. The van der Waals surface area contributed by atoms with E-state index in [0.29, 0.717) is 41.3 Å². The Hall–Kier alpha value is -3.49. The van der Waals surface area contributed by atoms with Crippen LogP contribution in [0.2, 0.25) is 0 Å². The van der Waals surface area contributed by atoms with Gasteiger partial charge in [-0.15, -0.1) is 0 Å². The Kier molecular flexibility index (Phi) is 4.57. The molecular formula is C21H22N6O3. The van der Waals surface area contributed by atoms with Crippen LogP contribution in [0.25, 0.3) is 11.0 Å². The number of fused-ring (bicyclic) bond motifs is 2. The fraction of sp³-hybridized carbons (Fsp3) is 0.381. The lowest BCUT2D eigenvalue weighted by molar-refractivity contribution is 0.0723. The van der Waals surface area contributed by atoms with Gasteiger partial charge in [-0.3, -0.25) is 9.59 Å². The van der Waals surface area contributed by atoms with Gasteiger partial charge in [0.25, 0.3) is 11.5 Å². The highest BCUT2D eigenvalue weighted by atomic mass is 16.5. The fourth-order valence-electron chi connectivity index (χ4n) is 3.97. The van der Waals surface area contributed by atoms with Crippen molar-refractivity contribution in [3.63, 3.8) is 0 Å². The van der Waals surface area contributed by atoms with E-state index in [4.69, 9.17) is 4.74 Å². The highest BCUT2D eigenvalue weighted by Gasteiger charge is 2.25. The molecule has 0 radical (unpaired) electrons. The van der Waals surface area contributed by atoms with Crippen LogP contribution in [-0.2, 0) is 7.05 Å². The van der Waals surface area contributed by atoms with Gasteiger partial charge in [-0.2, -0.15) is 0 Å². The van der Waals surface area contributed by atoms with Crippen LogP contribution >= 0.6 is 0 Å². The second-order valence-corrected chi connectivity index (χ2v) is 7.62. The van der Waals surface area contributed by atoms with Gasteiger partial charge in [-0.1, -0.05) is 0 Å². The number of amides is 1. The molecule has 2 aliphatic heterocycles. The summed E-state index contributed by atoms with van der Waals surface area (Å²) >= 11 is 0. The maximum atomic E-state index is 12.8. The average Bonchev–Trinajstić information content (AvgIpc) is 2.80. The third-order valence-corrected chi connectivity index (χ3v) is 5.61. The Balaban J connectivity index is 1.48. The summed E-state index contributed by atoms with van der Waals surface area (Å²) in [6.45, 7) is 2.62. The van der Waals surface area contributed by atoms with Crippen molar-refractivity contribution >= 4 is 28.4 Å². The molecule has 5 rings (SSSR count). The molecule has 0 spiro atoms. The van der Waals surface area contributed by atoms with E-state index >= 15 is 0 Å². The van der Waals surface area contributed by atoms with Gasteiger partial charge in [0.05, 0.1) is 35.8 Å². The van der Waals surface area contributed by atoms with Gasteiger partial charge in [-0.25, -0.2) is 15.0 Å². The predicted molar refractivity (Wildman–Crippen MR) is 111 cm³/mol. The van der Waals surface area contributed by atoms with Gasteiger partial charge in [0, 0.05) is 26.3 Å². The molecule has 2 aliphatic rings. The third-order valence-electron chi connectivity index (χ3n) is 5.61. The number of anilines is 2. The Morgan fingerprint density at radius 3 is 2.70 bits per heavy atom. The van der Waals surface area contributed by atoms with Crippen LogP contribution in [0.4, 0.5) is 11.5 Å². The lowest BCUT2D eigenvalue weighted by atomic mass is 10.1. The molecule has 0 N–H and O–H groups in total. The standard InChI is InChI=1S/C21H22N6O3/c1-25-13-24-16-10-15(12-22-18(16)21(25)29)27-7-8-30-17-9-14(11-23-19(17)27)20(28)26-5-3-2-4-6-26/h9-13H,2-8H2,1H3. The van der Waals surface area contributed by atoms with Gasteiger partial charge in [0.15, 0.2) is 17.1 Å². The first-order valence-electron chi connectivity index (χ1n) is 10.1. The Morgan fingerprint density at radius 1 is 1.03 bits per heavy atom. The number of hydrogen-bond acceptors (Lipinski definition) is 7. The molecule has 3 aromatic heterocycles. The summed E-state index contributed by atoms with van der Waals surface area (Å²) in [5, 5.41) is 0. The van der Waals surface area contributed by atoms with Crippen LogP contribution in [0.1, 0.15) is 29.6 Å². The zero-order valence-electron chi connectivity index (χ0n) is 16.7. The predicted octanol–water partition coefficient (Wildman–Crippen LogP) is 1.88. The molecular weight excluding hydrogens is 384 g/mol. The Bertz CT molecular complexity index is 1190. The number of aromatic nitrogens is 4. The lowest BCUT2D eigenvalue weighted by Gasteiger charge is -2.31. The largest absolute Gasteiger partial charge is 0.488 e. The minimum atomic E-state index is -0.187. The number of carbonyl (C=O) groups excluding carboxylic acids is 1. The quantitative estimate of drug-likeness (QED) is 0.641. The maximum Gasteiger partial charge on any atom is 0.279 e. The lowest BCUT2D eigenvalue weighted by Crippen LogP contribution is -2.36. The number of carbonyl (C=O) groups is 1. The molecule has 1 fully saturated rings. The summed E-state index contributed by atoms with van der Waals surface area (Å²) in [5.74, 6) is 1.20. The van der Waals surface area contributed by atoms with E-state index in [-0.39, 0.29) is 11.5 Å². The van der Waals surface area contributed by atoms with Gasteiger partial charge < -0.3 is 19.1 Å². The topological polar surface area (TPSA) is 93.4 Å². The minimum absolute atomic E-state index is 0.00172. The van der Waals surface area contributed by atoms with E-state index < -0.39 is 0 Å². The van der Waals surface area contributed by atoms with Gasteiger partial charge in [0.1, 0.15) is 6.61 Å². The van der Waals surface area contributed by atoms with E-state index in [1.165, 1.54) is 17.3 Å². The van der Waals surface area contributed by atoms with Crippen molar-refractivity contribution in [2.45, 2.75) is 19.3 Å². The number of pyridine rings is 2. The van der Waals surface area contributed by atoms with Crippen molar-refractivity contribution in [3.05, 3.63) is 46.8 Å². The van der Waals surface area contributed by atoms with Crippen LogP contribution < -0.4 is 15.2 Å². The molecule has 1 amide bonds. The number of likely N-dealkylation sites (tertiary alicyclic amines) is 1. The zero-order valence-corrected chi connectivity index (χ0v) is 16.7. The molecule has 154 valence electrons. The Labute approximate surface area is 172 Å². The van der Waals surface area contributed by atoms with Crippen molar-refractivity contribution in [1.29, 1.82) is 0 Å². The maximum absolute atomic E-state index is 12.8. The van der Waals surface area contributed by atoms with Crippen molar-refractivity contribution in [3.8, 4) is 5.75 Å². The van der Waals surface area contributed by atoms with Crippen LogP contribution in [-0.4, -0.2) is 56.6 Å². The summed E-state index contributed by atoms with van der Waals surface area (Å²) in [7, 11) is 1.65. The SMILES string of the molecule is Cn1cnc2cc(N3CCOc4cc(C(=O)N5CCCCC5)cnc43)cnc2c1=O. The second kappa shape index (κ2) is 7.40. The molecule has 0 saturated carbocycles. The first kappa shape index (κ1) is 18.5. The Morgan fingerprint density at radius 2 is 1.87 bits per heavy atom. The average molecular weight is 406 g/mol. The number of aryl methyl sites for hydroxylation is 1. The summed E-state index contributed by atoms with van der Waals surface area (Å²) in [5.41, 5.74) is 1.98. The molecule has 0 atom stereocenters. The molecule has 9 heteroatoms. The van der Waals surface area contributed by atoms with Gasteiger partial charge in [-0.05, 0) is 31.4 Å². The highest BCUT2D eigenvalue weighted by Crippen LogP contribution is 2.35. The number of hydrogen-bond donors (Lipinski definition) is 0. The van der Waals surface area contributed by atoms with Crippen molar-refractivity contribution in [1.82, 2.24) is 24.4 Å². The molecule has 5 heterocycles. The normalized spacial score (nSPS) is 16.3.